The van der Waals surface area contributed by atoms with Gasteiger partial charge in [-0.3, -0.25) is 4.99 Å². The number of thioether (sulfide) groups is 1. The largest absolute Gasteiger partial charge is 0.258 e. The standard InChI is InChI=1S/C10H10ClN3S/c1-7-8(11)3-2-4-9(7)13-14-10-12-5-6-15-10/h2-4H,5-6H2,1H3/b14-13+. The minimum Gasteiger partial charge on any atom is -0.258 e. The van der Waals surface area contributed by atoms with E-state index >= 15 is 0 Å². The first-order valence-corrected chi connectivity index (χ1v) is 5.98. The molecule has 1 heterocycles. The Morgan fingerprint density at radius 3 is 3.00 bits per heavy atom. The van der Waals surface area contributed by atoms with Crippen LogP contribution in [0.5, 0.6) is 0 Å². The number of amidine groups is 1. The van der Waals surface area contributed by atoms with Crippen molar-refractivity contribution in [2.75, 3.05) is 12.3 Å². The van der Waals surface area contributed by atoms with E-state index in [0.717, 1.165) is 28.7 Å². The van der Waals surface area contributed by atoms with E-state index in [1.165, 1.54) is 0 Å². The highest BCUT2D eigenvalue weighted by Gasteiger charge is 2.06. The van der Waals surface area contributed by atoms with Gasteiger partial charge in [-0.15, -0.1) is 10.2 Å². The first-order valence-electron chi connectivity index (χ1n) is 4.61. The fourth-order valence-corrected chi connectivity index (χ4v) is 2.00. The molecular formula is C10H10ClN3S. The molecule has 0 N–H and O–H groups in total. The van der Waals surface area contributed by atoms with Gasteiger partial charge in [0.05, 0.1) is 12.2 Å². The van der Waals surface area contributed by atoms with Crippen LogP contribution in [0.1, 0.15) is 5.56 Å². The highest BCUT2D eigenvalue weighted by Crippen LogP contribution is 2.26. The van der Waals surface area contributed by atoms with Gasteiger partial charge in [0.1, 0.15) is 0 Å². The molecule has 0 bridgehead atoms. The van der Waals surface area contributed by atoms with Crippen molar-refractivity contribution in [1.29, 1.82) is 0 Å². The summed E-state index contributed by atoms with van der Waals surface area (Å²) >= 11 is 7.60. The average Bonchev–Trinajstić information content (AvgIpc) is 2.73. The SMILES string of the molecule is Cc1c(Cl)cccc1/N=N/C1=NCCS1. The molecule has 3 nitrogen and oxygen atoms in total. The number of hydrogen-bond acceptors (Lipinski definition) is 4. The summed E-state index contributed by atoms with van der Waals surface area (Å²) in [6.45, 7) is 2.77. The molecule has 1 aliphatic rings. The molecule has 1 aromatic carbocycles. The van der Waals surface area contributed by atoms with Crippen LogP contribution in [0.3, 0.4) is 0 Å². The normalized spacial score (nSPS) is 16.0. The Morgan fingerprint density at radius 2 is 2.27 bits per heavy atom. The van der Waals surface area contributed by atoms with Crippen LogP contribution in [0, 0.1) is 6.92 Å². The first kappa shape index (κ1) is 10.6. The maximum atomic E-state index is 5.97. The zero-order valence-electron chi connectivity index (χ0n) is 8.27. The van der Waals surface area contributed by atoms with Crippen molar-refractivity contribution < 1.29 is 0 Å². The van der Waals surface area contributed by atoms with E-state index in [1.807, 2.05) is 25.1 Å². The maximum absolute atomic E-state index is 5.97. The molecule has 1 aliphatic heterocycles. The Labute approximate surface area is 97.7 Å². The summed E-state index contributed by atoms with van der Waals surface area (Å²) < 4.78 is 0. The van der Waals surface area contributed by atoms with Gasteiger partial charge in [-0.1, -0.05) is 29.4 Å². The Kier molecular flexibility index (Phi) is 3.38. The van der Waals surface area contributed by atoms with Crippen molar-refractivity contribution in [3.8, 4) is 0 Å². The van der Waals surface area contributed by atoms with E-state index in [0.29, 0.717) is 5.02 Å². The van der Waals surface area contributed by atoms with E-state index in [2.05, 4.69) is 15.2 Å². The van der Waals surface area contributed by atoms with E-state index < -0.39 is 0 Å². The van der Waals surface area contributed by atoms with E-state index in [-0.39, 0.29) is 0 Å². The Morgan fingerprint density at radius 1 is 1.40 bits per heavy atom. The van der Waals surface area contributed by atoms with Crippen molar-refractivity contribution in [2.24, 2.45) is 15.2 Å². The Balaban J connectivity index is 2.20. The highest BCUT2D eigenvalue weighted by atomic mass is 35.5. The fourth-order valence-electron chi connectivity index (χ4n) is 1.19. The van der Waals surface area contributed by atoms with Crippen LogP contribution in [0.2, 0.25) is 5.02 Å². The zero-order valence-corrected chi connectivity index (χ0v) is 9.85. The second-order valence-corrected chi connectivity index (χ2v) is 4.57. The number of nitrogens with zero attached hydrogens (tertiary/aromatic N) is 3. The van der Waals surface area contributed by atoms with Gasteiger partial charge in [0, 0.05) is 10.8 Å². The summed E-state index contributed by atoms with van der Waals surface area (Å²) in [6, 6.07) is 5.61. The van der Waals surface area contributed by atoms with Crippen molar-refractivity contribution in [1.82, 2.24) is 0 Å². The van der Waals surface area contributed by atoms with Gasteiger partial charge < -0.3 is 0 Å². The maximum Gasteiger partial charge on any atom is 0.204 e. The van der Waals surface area contributed by atoms with Crippen LogP contribution in [0.25, 0.3) is 0 Å². The van der Waals surface area contributed by atoms with Crippen LogP contribution in [0.15, 0.2) is 33.4 Å². The van der Waals surface area contributed by atoms with Gasteiger partial charge in [0.25, 0.3) is 0 Å². The first-order chi connectivity index (χ1) is 7.27. The summed E-state index contributed by atoms with van der Waals surface area (Å²) in [4.78, 5) is 4.19. The van der Waals surface area contributed by atoms with Gasteiger partial charge in [-0.05, 0) is 24.6 Å². The van der Waals surface area contributed by atoms with E-state index in [1.54, 1.807) is 11.8 Å². The summed E-state index contributed by atoms with van der Waals surface area (Å²) in [6.07, 6.45) is 0. The van der Waals surface area contributed by atoms with Crippen LogP contribution in [-0.2, 0) is 0 Å². The van der Waals surface area contributed by atoms with E-state index in [9.17, 15) is 0 Å². The lowest BCUT2D eigenvalue weighted by Gasteiger charge is -1.99. The Bertz CT molecular complexity index is 429. The third-order valence-electron chi connectivity index (χ3n) is 2.05. The molecule has 1 aromatic rings. The topological polar surface area (TPSA) is 37.1 Å². The lowest BCUT2D eigenvalue weighted by atomic mass is 10.2. The van der Waals surface area contributed by atoms with Crippen LogP contribution < -0.4 is 0 Å². The molecule has 78 valence electrons. The predicted octanol–water partition coefficient (Wildman–Crippen LogP) is 3.83. The van der Waals surface area contributed by atoms with Crippen molar-refractivity contribution in [2.45, 2.75) is 6.92 Å². The molecule has 15 heavy (non-hydrogen) atoms. The molecule has 0 aliphatic carbocycles. The lowest BCUT2D eigenvalue weighted by Crippen LogP contribution is -1.79. The molecule has 0 unspecified atom stereocenters. The number of azo groups is 1. The van der Waals surface area contributed by atoms with Gasteiger partial charge in [0.2, 0.25) is 5.17 Å². The second kappa shape index (κ2) is 4.77. The Hall–Kier alpha value is -0.870. The molecule has 0 aromatic heterocycles. The number of hydrogen-bond donors (Lipinski definition) is 0. The molecule has 0 saturated carbocycles. The summed E-state index contributed by atoms with van der Waals surface area (Å²) in [7, 11) is 0. The third-order valence-corrected chi connectivity index (χ3v) is 3.32. The third kappa shape index (κ3) is 2.58. The fraction of sp³-hybridized carbons (Fsp3) is 0.300. The summed E-state index contributed by atoms with van der Waals surface area (Å²) in [5.74, 6) is 1.00. The highest BCUT2D eigenvalue weighted by molar-refractivity contribution is 8.14. The predicted molar refractivity (Wildman–Crippen MR) is 65.5 cm³/mol. The molecule has 0 amide bonds. The van der Waals surface area contributed by atoms with Gasteiger partial charge in [-0.25, -0.2) is 0 Å². The van der Waals surface area contributed by atoms with Crippen molar-refractivity contribution in [3.05, 3.63) is 28.8 Å². The lowest BCUT2D eigenvalue weighted by molar-refractivity contribution is 1.16. The molecule has 0 saturated heterocycles. The summed E-state index contributed by atoms with van der Waals surface area (Å²) in [5, 5.41) is 9.69. The number of halogens is 1. The van der Waals surface area contributed by atoms with Crippen molar-refractivity contribution in [3.63, 3.8) is 0 Å². The van der Waals surface area contributed by atoms with Crippen LogP contribution in [0.4, 0.5) is 5.69 Å². The van der Waals surface area contributed by atoms with Gasteiger partial charge in [0.15, 0.2) is 0 Å². The molecule has 0 radical (unpaired) electrons. The van der Waals surface area contributed by atoms with E-state index in [4.69, 9.17) is 11.6 Å². The minimum absolute atomic E-state index is 0.715. The molecule has 5 heteroatoms. The van der Waals surface area contributed by atoms with Crippen LogP contribution in [-0.4, -0.2) is 17.5 Å². The quantitative estimate of drug-likeness (QED) is 0.686. The number of aliphatic imine (C=N–C) groups is 1. The van der Waals surface area contributed by atoms with Gasteiger partial charge >= 0.3 is 0 Å². The molecule has 0 atom stereocenters. The number of benzene rings is 1. The summed E-state index contributed by atoms with van der Waals surface area (Å²) in [5.41, 5.74) is 1.75. The van der Waals surface area contributed by atoms with Gasteiger partial charge in [-0.2, -0.15) is 0 Å². The molecule has 2 rings (SSSR count). The zero-order chi connectivity index (χ0) is 10.7. The monoisotopic (exact) mass is 239 g/mol. The van der Waals surface area contributed by atoms with Crippen molar-refractivity contribution >= 4 is 34.2 Å². The molecule has 0 fully saturated rings. The second-order valence-electron chi connectivity index (χ2n) is 3.10. The average molecular weight is 240 g/mol. The molecule has 0 spiro atoms. The molecular weight excluding hydrogens is 230 g/mol. The minimum atomic E-state index is 0.715. The number of rotatable bonds is 1. The smallest absolute Gasteiger partial charge is 0.204 e. The van der Waals surface area contributed by atoms with Crippen LogP contribution >= 0.6 is 23.4 Å².